The first kappa shape index (κ1) is 32.0. The molecule has 0 unspecified atom stereocenters. The van der Waals surface area contributed by atoms with Crippen LogP contribution in [0.2, 0.25) is 0 Å². The van der Waals surface area contributed by atoms with Crippen molar-refractivity contribution >= 4 is 29.3 Å². The lowest BCUT2D eigenvalue weighted by Gasteiger charge is -2.30. The molecule has 1 fully saturated rings. The van der Waals surface area contributed by atoms with E-state index >= 15 is 0 Å². The van der Waals surface area contributed by atoms with E-state index in [1.54, 1.807) is 41.5 Å². The van der Waals surface area contributed by atoms with E-state index in [0.717, 1.165) is 10.5 Å². The highest BCUT2D eigenvalue weighted by molar-refractivity contribution is 5.82. The molecule has 2 aliphatic rings. The smallest absolute Gasteiger partial charge is 0.394 e. The van der Waals surface area contributed by atoms with Crippen molar-refractivity contribution in [1.82, 2.24) is 30.0 Å². The molecular weight excluding hydrogens is 610 g/mol. The van der Waals surface area contributed by atoms with Gasteiger partial charge in [-0.2, -0.15) is 36.4 Å². The summed E-state index contributed by atoms with van der Waals surface area (Å²) in [6.45, 7) is -0.0905. The van der Waals surface area contributed by atoms with Crippen molar-refractivity contribution in [2.75, 3.05) is 23.8 Å². The second kappa shape index (κ2) is 12.9. The zero-order valence-corrected chi connectivity index (χ0v) is 23.8. The number of hydrogen-bond donors (Lipinski definition) is 4. The van der Waals surface area contributed by atoms with E-state index < -0.39 is 30.2 Å². The Labute approximate surface area is 253 Å². The van der Waals surface area contributed by atoms with Gasteiger partial charge in [0.25, 0.3) is 0 Å². The molecule has 1 aromatic carbocycles. The fraction of sp³-hybridized carbons (Fsp3) is 0.464. The number of nitrogens with one attached hydrogen (secondary N) is 3. The number of anilines is 3. The van der Waals surface area contributed by atoms with Crippen LogP contribution in [0.1, 0.15) is 36.8 Å². The SMILES string of the molecule is O=C(NC1CCC(Nc2nc(Nc3ccc4c(c3)CN(C(=O)C(F)(F)F)CC4)ncc2-c2cnn(CCO)c2)CC1)C(F)(F)F. The maximum atomic E-state index is 13.0. The molecule has 0 spiro atoms. The van der Waals surface area contributed by atoms with Gasteiger partial charge in [-0.1, -0.05) is 6.07 Å². The van der Waals surface area contributed by atoms with Crippen molar-refractivity contribution in [3.63, 3.8) is 0 Å². The van der Waals surface area contributed by atoms with Crippen LogP contribution in [-0.4, -0.2) is 79.2 Å². The van der Waals surface area contributed by atoms with Gasteiger partial charge in [0.15, 0.2) is 0 Å². The molecule has 11 nitrogen and oxygen atoms in total. The first-order chi connectivity index (χ1) is 21.3. The lowest BCUT2D eigenvalue weighted by atomic mass is 9.91. The zero-order valence-electron chi connectivity index (χ0n) is 23.8. The average molecular weight is 641 g/mol. The number of nitrogens with zero attached hydrogens (tertiary/aromatic N) is 5. The number of carbonyl (C=O) groups excluding carboxylic acids is 2. The molecule has 0 radical (unpaired) electrons. The third kappa shape index (κ3) is 7.82. The van der Waals surface area contributed by atoms with Gasteiger partial charge in [0.1, 0.15) is 5.82 Å². The van der Waals surface area contributed by atoms with E-state index in [-0.39, 0.29) is 44.7 Å². The molecule has 242 valence electrons. The van der Waals surface area contributed by atoms with Crippen LogP contribution < -0.4 is 16.0 Å². The highest BCUT2D eigenvalue weighted by Gasteiger charge is 2.43. The van der Waals surface area contributed by atoms with Crippen LogP contribution in [0.15, 0.2) is 36.8 Å². The maximum Gasteiger partial charge on any atom is 0.471 e. The Morgan fingerprint density at radius 3 is 2.40 bits per heavy atom. The van der Waals surface area contributed by atoms with Crippen LogP contribution in [-0.2, 0) is 29.1 Å². The standard InChI is InChI=1S/C28H30F6N8O3/c29-27(30,31)24(44)38-20-5-3-19(4-6-20)37-23-22(18-12-36-42(15-18)9-10-43)13-35-26(40-23)39-21-2-1-16-7-8-41(14-17(16)11-21)25(45)28(32,33)34/h1-2,11-13,15,19-20,43H,3-10,14H2,(H,38,44)(H2,35,37,39,40). The van der Waals surface area contributed by atoms with Crippen LogP contribution in [0.3, 0.4) is 0 Å². The summed E-state index contributed by atoms with van der Waals surface area (Å²) < 4.78 is 78.5. The van der Waals surface area contributed by atoms with Crippen molar-refractivity contribution in [1.29, 1.82) is 0 Å². The third-order valence-electron chi connectivity index (χ3n) is 7.73. The van der Waals surface area contributed by atoms with E-state index in [0.29, 0.717) is 53.9 Å². The van der Waals surface area contributed by atoms with Crippen molar-refractivity contribution in [3.05, 3.63) is 47.9 Å². The van der Waals surface area contributed by atoms with Crippen LogP contribution >= 0.6 is 0 Å². The average Bonchev–Trinajstić information content (AvgIpc) is 3.45. The molecule has 45 heavy (non-hydrogen) atoms. The normalized spacial score (nSPS) is 18.7. The van der Waals surface area contributed by atoms with Crippen molar-refractivity contribution in [2.24, 2.45) is 0 Å². The molecule has 1 aliphatic carbocycles. The van der Waals surface area contributed by atoms with Gasteiger partial charge in [-0.05, 0) is 55.4 Å². The maximum absolute atomic E-state index is 13.0. The Bertz CT molecular complexity index is 1540. The fourth-order valence-corrected chi connectivity index (χ4v) is 5.45. The second-order valence-electron chi connectivity index (χ2n) is 10.9. The zero-order chi connectivity index (χ0) is 32.4. The predicted octanol–water partition coefficient (Wildman–Crippen LogP) is 3.92. The van der Waals surface area contributed by atoms with Gasteiger partial charge in [-0.25, -0.2) is 4.98 Å². The van der Waals surface area contributed by atoms with Gasteiger partial charge in [0.05, 0.1) is 19.3 Å². The molecule has 2 amide bonds. The second-order valence-corrected chi connectivity index (χ2v) is 10.9. The Balaban J connectivity index is 1.33. The molecule has 1 saturated carbocycles. The van der Waals surface area contributed by atoms with Crippen LogP contribution in [0.4, 0.5) is 43.8 Å². The molecule has 0 saturated heterocycles. The summed E-state index contributed by atoms with van der Waals surface area (Å²) in [5.41, 5.74) is 3.10. The lowest BCUT2D eigenvalue weighted by molar-refractivity contribution is -0.186. The first-order valence-corrected chi connectivity index (χ1v) is 14.2. The van der Waals surface area contributed by atoms with Gasteiger partial charge in [0, 0.05) is 54.4 Å². The Hall–Kier alpha value is -4.41. The Morgan fingerprint density at radius 2 is 1.71 bits per heavy atom. The van der Waals surface area contributed by atoms with Gasteiger partial charge in [-0.3, -0.25) is 14.3 Å². The minimum atomic E-state index is -4.96. The van der Waals surface area contributed by atoms with E-state index in [4.69, 9.17) is 0 Å². The monoisotopic (exact) mass is 640 g/mol. The van der Waals surface area contributed by atoms with Crippen molar-refractivity contribution in [2.45, 2.75) is 69.6 Å². The largest absolute Gasteiger partial charge is 0.471 e. The minimum absolute atomic E-state index is 0.0385. The molecule has 4 N–H and O–H groups in total. The quantitative estimate of drug-likeness (QED) is 0.272. The molecule has 5 rings (SSSR count). The molecular formula is C28H30F6N8O3. The van der Waals surface area contributed by atoms with E-state index in [2.05, 4.69) is 25.7 Å². The highest BCUT2D eigenvalue weighted by Crippen LogP contribution is 2.32. The van der Waals surface area contributed by atoms with Gasteiger partial charge in [-0.15, -0.1) is 0 Å². The third-order valence-corrected chi connectivity index (χ3v) is 7.73. The van der Waals surface area contributed by atoms with Crippen LogP contribution in [0.5, 0.6) is 0 Å². The first-order valence-electron chi connectivity index (χ1n) is 14.2. The number of amides is 2. The Morgan fingerprint density at radius 1 is 0.978 bits per heavy atom. The molecule has 1 aliphatic heterocycles. The van der Waals surface area contributed by atoms with Crippen molar-refractivity contribution < 1.29 is 41.0 Å². The predicted molar refractivity (Wildman–Crippen MR) is 149 cm³/mol. The van der Waals surface area contributed by atoms with Gasteiger partial charge >= 0.3 is 24.2 Å². The van der Waals surface area contributed by atoms with Crippen LogP contribution in [0, 0.1) is 0 Å². The number of aliphatic hydroxyl groups is 1. The summed E-state index contributed by atoms with van der Waals surface area (Å²) in [4.78, 5) is 32.9. The van der Waals surface area contributed by atoms with Crippen molar-refractivity contribution in [3.8, 4) is 11.1 Å². The summed E-state index contributed by atoms with van der Waals surface area (Å²) in [5.74, 6) is -3.29. The molecule has 3 aromatic rings. The number of rotatable bonds is 8. The highest BCUT2D eigenvalue weighted by atomic mass is 19.4. The number of carbonyl (C=O) groups is 2. The van der Waals surface area contributed by atoms with Gasteiger partial charge in [0.2, 0.25) is 5.95 Å². The number of alkyl halides is 6. The summed E-state index contributed by atoms with van der Waals surface area (Å²) in [6, 6.07) is 4.36. The minimum Gasteiger partial charge on any atom is -0.394 e. The number of aliphatic hydroxyl groups excluding tert-OH is 1. The van der Waals surface area contributed by atoms with E-state index in [1.165, 1.54) is 0 Å². The molecule has 17 heteroatoms. The van der Waals surface area contributed by atoms with E-state index in [9.17, 15) is 41.0 Å². The Kier molecular flexibility index (Phi) is 9.18. The number of aromatic nitrogens is 4. The molecule has 0 bridgehead atoms. The topological polar surface area (TPSA) is 137 Å². The van der Waals surface area contributed by atoms with E-state index in [1.807, 2.05) is 5.32 Å². The molecule has 2 aromatic heterocycles. The summed E-state index contributed by atoms with van der Waals surface area (Å²) in [7, 11) is 0. The fourth-order valence-electron chi connectivity index (χ4n) is 5.45. The summed E-state index contributed by atoms with van der Waals surface area (Å²) >= 11 is 0. The number of benzene rings is 1. The van der Waals surface area contributed by atoms with Gasteiger partial charge < -0.3 is 26.0 Å². The van der Waals surface area contributed by atoms with Crippen LogP contribution in [0.25, 0.3) is 11.1 Å². The molecule has 3 heterocycles. The number of hydrogen-bond acceptors (Lipinski definition) is 8. The number of halogens is 6. The summed E-state index contributed by atoms with van der Waals surface area (Å²) in [6.07, 6.45) is -3.25. The lowest BCUT2D eigenvalue weighted by Crippen LogP contribution is -2.45. The summed E-state index contributed by atoms with van der Waals surface area (Å²) in [5, 5.41) is 21.9. The number of fused-ring (bicyclic) bond motifs is 1. The molecule has 0 atom stereocenters.